The molecule has 31 heavy (non-hydrogen) atoms. The van der Waals surface area contributed by atoms with E-state index in [-0.39, 0.29) is 16.4 Å². The highest BCUT2D eigenvalue weighted by molar-refractivity contribution is 7.90. The Balaban J connectivity index is 1.88. The van der Waals surface area contributed by atoms with Crippen molar-refractivity contribution in [2.75, 3.05) is 19.3 Å². The van der Waals surface area contributed by atoms with Gasteiger partial charge in [-0.3, -0.25) is 4.79 Å². The van der Waals surface area contributed by atoms with Gasteiger partial charge >= 0.3 is 0 Å². The van der Waals surface area contributed by atoms with Crippen LogP contribution >= 0.6 is 0 Å². The van der Waals surface area contributed by atoms with Crippen molar-refractivity contribution >= 4 is 26.9 Å². The predicted octanol–water partition coefficient (Wildman–Crippen LogP) is 4.48. The normalized spacial score (nSPS) is 21.0. The number of hydrogen-bond donors (Lipinski definition) is 0. The number of benzene rings is 2. The van der Waals surface area contributed by atoms with Gasteiger partial charge in [0.15, 0.2) is 21.5 Å². The fourth-order valence-corrected chi connectivity index (χ4v) is 4.36. The molecule has 1 aliphatic carbocycles. The lowest BCUT2D eigenvalue weighted by Gasteiger charge is -2.27. The van der Waals surface area contributed by atoms with E-state index in [4.69, 9.17) is 0 Å². The Morgan fingerprint density at radius 1 is 1.00 bits per heavy atom. The van der Waals surface area contributed by atoms with Crippen LogP contribution in [0.2, 0.25) is 0 Å². The number of carbonyl (C=O) groups is 1. The Kier molecular flexibility index (Phi) is 5.79. The second kappa shape index (κ2) is 8.38. The maximum atomic E-state index is 14.1. The lowest BCUT2D eigenvalue weighted by atomic mass is 9.91. The molecule has 0 spiro atoms. The summed E-state index contributed by atoms with van der Waals surface area (Å²) in [5.74, 6) is -1.75. The zero-order valence-corrected chi connectivity index (χ0v) is 18.0. The molecule has 1 heterocycles. The molecule has 1 fully saturated rings. The van der Waals surface area contributed by atoms with Gasteiger partial charge in [0.2, 0.25) is 0 Å². The number of nitrogens with zero attached hydrogens (tertiary/aromatic N) is 1. The van der Waals surface area contributed by atoms with Crippen molar-refractivity contribution < 1.29 is 22.0 Å². The molecular formula is C24H23F2NO3S. The maximum Gasteiger partial charge on any atom is 0.255 e. The van der Waals surface area contributed by atoms with Crippen molar-refractivity contribution in [2.45, 2.75) is 24.2 Å². The van der Waals surface area contributed by atoms with Crippen molar-refractivity contribution in [3.63, 3.8) is 0 Å². The fourth-order valence-electron chi connectivity index (χ4n) is 3.73. The van der Waals surface area contributed by atoms with Gasteiger partial charge in [0, 0.05) is 19.3 Å². The highest BCUT2D eigenvalue weighted by Gasteiger charge is 2.30. The molecule has 0 saturated heterocycles. The van der Waals surface area contributed by atoms with Gasteiger partial charge in [-0.05, 0) is 66.1 Å². The van der Waals surface area contributed by atoms with E-state index in [0.29, 0.717) is 42.1 Å². The number of amides is 1. The molecule has 2 aliphatic rings. The molecule has 0 radical (unpaired) electrons. The number of halogens is 2. The van der Waals surface area contributed by atoms with Gasteiger partial charge in [0.05, 0.1) is 10.5 Å². The van der Waals surface area contributed by atoms with E-state index in [2.05, 4.69) is 0 Å². The standard InChI is InChI=1S/C24H23F2NO3S/c1-31(29,30)19-10-7-17(8-11-19)20-4-2-3-13-27(15-16-5-6-16)24(28)23(20)18-9-12-21(25)22(26)14-18/h2,4,7-12,14,16H,3,5-6,13,15H2,1H3/b4-2-,23-20+. The summed E-state index contributed by atoms with van der Waals surface area (Å²) in [6.07, 6.45) is 7.73. The molecule has 7 heteroatoms. The number of sulfone groups is 1. The SMILES string of the molecule is CS(=O)(=O)c1ccc(C2=C(\c3ccc(F)c(F)c3)C(=O)N(CC3CC3)CC/C=C\2)cc1. The van der Waals surface area contributed by atoms with E-state index < -0.39 is 21.5 Å². The molecule has 1 saturated carbocycles. The number of rotatable bonds is 5. The van der Waals surface area contributed by atoms with Gasteiger partial charge in [0.1, 0.15) is 0 Å². The number of allylic oxidation sites excluding steroid dienone is 2. The summed E-state index contributed by atoms with van der Waals surface area (Å²) in [5, 5.41) is 0. The molecule has 162 valence electrons. The molecule has 0 bridgehead atoms. The quantitative estimate of drug-likeness (QED) is 0.685. The van der Waals surface area contributed by atoms with Crippen molar-refractivity contribution in [3.05, 3.63) is 77.4 Å². The highest BCUT2D eigenvalue weighted by Crippen LogP contribution is 2.35. The second-order valence-corrected chi connectivity index (χ2v) is 10.1. The van der Waals surface area contributed by atoms with Gasteiger partial charge in [-0.2, -0.15) is 0 Å². The number of carbonyl (C=O) groups excluding carboxylic acids is 1. The summed E-state index contributed by atoms with van der Waals surface area (Å²) in [7, 11) is -3.37. The third-order valence-corrected chi connectivity index (χ3v) is 6.73. The lowest BCUT2D eigenvalue weighted by molar-refractivity contribution is -0.125. The first-order valence-corrected chi connectivity index (χ1v) is 12.1. The molecule has 1 amide bonds. The Bertz CT molecular complexity index is 1180. The van der Waals surface area contributed by atoms with Crippen LogP contribution in [0.25, 0.3) is 11.1 Å². The summed E-state index contributed by atoms with van der Waals surface area (Å²) in [5.41, 5.74) is 1.75. The fraction of sp³-hybridized carbons (Fsp3) is 0.292. The minimum atomic E-state index is -3.37. The van der Waals surface area contributed by atoms with Crippen molar-refractivity contribution in [1.29, 1.82) is 0 Å². The van der Waals surface area contributed by atoms with Gasteiger partial charge in [-0.1, -0.05) is 30.4 Å². The van der Waals surface area contributed by atoms with Gasteiger partial charge in [-0.25, -0.2) is 17.2 Å². The molecule has 1 aliphatic heterocycles. The van der Waals surface area contributed by atoms with E-state index in [1.165, 1.54) is 18.2 Å². The molecule has 2 aromatic carbocycles. The van der Waals surface area contributed by atoms with Crippen LogP contribution in [0.3, 0.4) is 0 Å². The second-order valence-electron chi connectivity index (χ2n) is 8.10. The first-order chi connectivity index (χ1) is 14.7. The van der Waals surface area contributed by atoms with E-state index in [1.54, 1.807) is 23.1 Å². The first-order valence-electron chi connectivity index (χ1n) is 10.2. The molecule has 0 atom stereocenters. The van der Waals surface area contributed by atoms with Gasteiger partial charge in [-0.15, -0.1) is 0 Å². The van der Waals surface area contributed by atoms with Crippen LogP contribution in [0.1, 0.15) is 30.4 Å². The van der Waals surface area contributed by atoms with E-state index in [1.807, 2.05) is 6.08 Å². The lowest BCUT2D eigenvalue weighted by Crippen LogP contribution is -2.35. The van der Waals surface area contributed by atoms with E-state index >= 15 is 0 Å². The first kappa shape index (κ1) is 21.4. The Hall–Kier alpha value is -2.80. The van der Waals surface area contributed by atoms with Crippen LogP contribution in [-0.2, 0) is 14.6 Å². The van der Waals surface area contributed by atoms with Crippen LogP contribution in [0.4, 0.5) is 8.78 Å². The van der Waals surface area contributed by atoms with E-state index in [9.17, 15) is 22.0 Å². The minimum Gasteiger partial charge on any atom is -0.338 e. The van der Waals surface area contributed by atoms with Gasteiger partial charge < -0.3 is 4.90 Å². The molecule has 4 nitrogen and oxygen atoms in total. The van der Waals surface area contributed by atoms with Crippen LogP contribution in [-0.4, -0.2) is 38.6 Å². The van der Waals surface area contributed by atoms with Crippen LogP contribution in [0, 0.1) is 17.6 Å². The smallest absolute Gasteiger partial charge is 0.255 e. The van der Waals surface area contributed by atoms with Crippen molar-refractivity contribution in [1.82, 2.24) is 4.90 Å². The summed E-state index contributed by atoms with van der Waals surface area (Å²) in [6, 6.07) is 9.70. The monoisotopic (exact) mass is 443 g/mol. The van der Waals surface area contributed by atoms with Crippen LogP contribution < -0.4 is 0 Å². The third-order valence-electron chi connectivity index (χ3n) is 5.60. The zero-order chi connectivity index (χ0) is 22.2. The molecule has 2 aromatic rings. The Morgan fingerprint density at radius 2 is 1.68 bits per heavy atom. The molecule has 0 unspecified atom stereocenters. The number of hydrogen-bond acceptors (Lipinski definition) is 3. The molecule has 4 rings (SSSR count). The Labute approximate surface area is 180 Å². The molecule has 0 N–H and O–H groups in total. The van der Waals surface area contributed by atoms with Crippen molar-refractivity contribution in [2.24, 2.45) is 5.92 Å². The predicted molar refractivity (Wildman–Crippen MR) is 116 cm³/mol. The summed E-state index contributed by atoms with van der Waals surface area (Å²) in [4.78, 5) is 15.5. The Morgan fingerprint density at radius 3 is 2.29 bits per heavy atom. The summed E-state index contributed by atoms with van der Waals surface area (Å²) >= 11 is 0. The average molecular weight is 444 g/mol. The topological polar surface area (TPSA) is 54.5 Å². The maximum absolute atomic E-state index is 14.1. The van der Waals surface area contributed by atoms with Crippen LogP contribution in [0.15, 0.2) is 59.5 Å². The summed E-state index contributed by atoms with van der Waals surface area (Å²) < 4.78 is 51.3. The minimum absolute atomic E-state index is 0.169. The molecular weight excluding hydrogens is 420 g/mol. The van der Waals surface area contributed by atoms with Crippen LogP contribution in [0.5, 0.6) is 0 Å². The largest absolute Gasteiger partial charge is 0.338 e. The third kappa shape index (κ3) is 4.77. The highest BCUT2D eigenvalue weighted by atomic mass is 32.2. The van der Waals surface area contributed by atoms with E-state index in [0.717, 1.165) is 31.2 Å². The van der Waals surface area contributed by atoms with Crippen molar-refractivity contribution in [3.8, 4) is 0 Å². The van der Waals surface area contributed by atoms with Gasteiger partial charge in [0.25, 0.3) is 5.91 Å². The molecule has 0 aromatic heterocycles. The average Bonchev–Trinajstić information content (AvgIpc) is 3.54. The summed E-state index contributed by atoms with van der Waals surface area (Å²) in [6.45, 7) is 1.19. The zero-order valence-electron chi connectivity index (χ0n) is 17.1.